The molecule has 55 heavy (non-hydrogen) atoms. The maximum Gasteiger partial charge on any atom is 0.320 e. The minimum Gasteiger partial charge on any atom is -0.484 e. The summed E-state index contributed by atoms with van der Waals surface area (Å²) < 4.78 is 10.7. The summed E-state index contributed by atoms with van der Waals surface area (Å²) in [5.41, 5.74) is 5.88. The molecule has 2 amide bonds. The summed E-state index contributed by atoms with van der Waals surface area (Å²) in [6.07, 6.45) is 8.19. The molecule has 2 unspecified atom stereocenters. The molecule has 2 bridgehead atoms. The van der Waals surface area contributed by atoms with Crippen molar-refractivity contribution in [2.24, 2.45) is 0 Å². The van der Waals surface area contributed by atoms with E-state index in [2.05, 4.69) is 111 Å². The number of benzene rings is 2. The third-order valence-corrected chi connectivity index (χ3v) is 12.3. The monoisotopic (exact) mass is 742 g/mol. The number of likely N-dealkylation sites (N-methyl/N-ethyl adjacent to an activating group) is 1. The van der Waals surface area contributed by atoms with Crippen molar-refractivity contribution in [2.45, 2.75) is 108 Å². The van der Waals surface area contributed by atoms with Gasteiger partial charge in [0, 0.05) is 55.8 Å². The van der Waals surface area contributed by atoms with Crippen LogP contribution in [0, 0.1) is 0 Å². The number of likely N-dealkylation sites (tertiary alicyclic amines) is 2. The van der Waals surface area contributed by atoms with E-state index in [4.69, 9.17) is 9.84 Å². The van der Waals surface area contributed by atoms with E-state index in [0.717, 1.165) is 91.7 Å². The summed E-state index contributed by atoms with van der Waals surface area (Å²) in [5, 5.41) is 20.5. The number of hydrogen-bond donors (Lipinski definition) is 2. The summed E-state index contributed by atoms with van der Waals surface area (Å²) in [6, 6.07) is 24.1. The Kier molecular flexibility index (Phi) is 9.28. The van der Waals surface area contributed by atoms with E-state index >= 15 is 0 Å². The predicted molar refractivity (Wildman–Crippen MR) is 215 cm³/mol. The Morgan fingerprint density at radius 2 is 1.78 bits per heavy atom. The fraction of sp³-hybridized carbons (Fsp3) is 0.488. The normalized spacial score (nSPS) is 24.3. The van der Waals surface area contributed by atoms with Crippen LogP contribution in [0.15, 0.2) is 72.9 Å². The van der Waals surface area contributed by atoms with Gasteiger partial charge < -0.3 is 19.9 Å². The van der Waals surface area contributed by atoms with Crippen LogP contribution in [0.2, 0.25) is 0 Å². The second kappa shape index (κ2) is 14.3. The Labute approximate surface area is 323 Å². The van der Waals surface area contributed by atoms with Gasteiger partial charge in [0.1, 0.15) is 17.7 Å². The smallest absolute Gasteiger partial charge is 0.320 e. The fourth-order valence-electron chi connectivity index (χ4n) is 9.21. The Bertz CT molecular complexity index is 2190. The summed E-state index contributed by atoms with van der Waals surface area (Å²) >= 11 is 0. The predicted octanol–water partition coefficient (Wildman–Crippen LogP) is 7.26. The quantitative estimate of drug-likeness (QED) is 0.171. The molecule has 4 aliphatic rings. The van der Waals surface area contributed by atoms with Crippen molar-refractivity contribution in [3.63, 3.8) is 0 Å². The molecule has 9 rings (SSSR count). The van der Waals surface area contributed by atoms with Gasteiger partial charge in [-0.1, -0.05) is 57.2 Å². The standard InChI is InChI=1S/C43H54N10O2/c1-28-11-8-9-20-51(28)42-47-46-39-19-16-33(27-52(39)42)55-37-18-17-36(34-14-6-7-15-35(34)37)44-41(54)45-40-23-38(43(2,3)4)48-53(40)30-13-10-12-29(21-30)24-50-26-31-22-32(50)25-49(31)5/h6-7,10,12-16,19,21,23,27-28,31-32,36-37H,8-9,11,17-18,20,22,24-26H2,1-5H3,(H2,44,45,54)/t28?,31-,32?,36-,37+/m0/s1. The number of urea groups is 1. The molecule has 6 heterocycles. The molecule has 1 aliphatic carbocycles. The van der Waals surface area contributed by atoms with E-state index < -0.39 is 0 Å². The first-order valence-corrected chi connectivity index (χ1v) is 20.2. The summed E-state index contributed by atoms with van der Waals surface area (Å²) in [4.78, 5) is 21.3. The van der Waals surface area contributed by atoms with Gasteiger partial charge in [-0.2, -0.15) is 5.10 Å². The summed E-state index contributed by atoms with van der Waals surface area (Å²) in [5.74, 6) is 2.29. The lowest BCUT2D eigenvalue weighted by Crippen LogP contribution is -2.43. The van der Waals surface area contributed by atoms with Crippen LogP contribution in [0.3, 0.4) is 0 Å². The fourth-order valence-corrected chi connectivity index (χ4v) is 9.21. The Hall–Kier alpha value is -4.94. The molecule has 288 valence electrons. The molecule has 12 nitrogen and oxygen atoms in total. The number of rotatable bonds is 8. The van der Waals surface area contributed by atoms with E-state index in [0.29, 0.717) is 23.9 Å². The first-order chi connectivity index (χ1) is 26.6. The highest BCUT2D eigenvalue weighted by atomic mass is 16.5. The van der Waals surface area contributed by atoms with Crippen molar-refractivity contribution in [1.82, 2.24) is 39.5 Å². The van der Waals surface area contributed by atoms with Gasteiger partial charge in [0.25, 0.3) is 0 Å². The zero-order chi connectivity index (χ0) is 37.8. The summed E-state index contributed by atoms with van der Waals surface area (Å²) in [7, 11) is 2.24. The highest BCUT2D eigenvalue weighted by Crippen LogP contribution is 2.39. The molecule has 12 heteroatoms. The van der Waals surface area contributed by atoms with Crippen LogP contribution in [0.25, 0.3) is 11.3 Å². The number of hydrogen-bond acceptors (Lipinski definition) is 8. The lowest BCUT2D eigenvalue weighted by molar-refractivity contribution is 0.143. The molecular formula is C43H54N10O2. The lowest BCUT2D eigenvalue weighted by Gasteiger charge is -2.33. The second-order valence-electron chi connectivity index (χ2n) is 17.3. The van der Waals surface area contributed by atoms with Crippen molar-refractivity contribution >= 4 is 23.4 Å². The van der Waals surface area contributed by atoms with Crippen LogP contribution < -0.4 is 20.3 Å². The molecule has 3 fully saturated rings. The molecule has 5 aromatic rings. The van der Waals surface area contributed by atoms with Gasteiger partial charge in [0.05, 0.1) is 23.6 Å². The largest absolute Gasteiger partial charge is 0.484 e. The Morgan fingerprint density at radius 1 is 0.927 bits per heavy atom. The number of anilines is 2. The average Bonchev–Trinajstić information content (AvgIpc) is 3.96. The Morgan fingerprint density at radius 3 is 2.56 bits per heavy atom. The maximum absolute atomic E-state index is 13.9. The number of piperazine rings is 1. The van der Waals surface area contributed by atoms with Crippen LogP contribution in [0.1, 0.15) is 101 Å². The van der Waals surface area contributed by atoms with E-state index in [1.54, 1.807) is 0 Å². The Balaban J connectivity index is 0.910. The van der Waals surface area contributed by atoms with Crippen molar-refractivity contribution in [2.75, 3.05) is 36.9 Å². The van der Waals surface area contributed by atoms with Gasteiger partial charge in [0.2, 0.25) is 5.95 Å². The van der Waals surface area contributed by atoms with E-state index in [9.17, 15) is 4.79 Å². The number of carbonyl (C=O) groups is 1. The zero-order valence-electron chi connectivity index (χ0n) is 32.8. The molecule has 3 aliphatic heterocycles. The average molecular weight is 743 g/mol. The molecule has 5 atom stereocenters. The molecule has 0 spiro atoms. The lowest BCUT2D eigenvalue weighted by atomic mass is 9.85. The van der Waals surface area contributed by atoms with Crippen LogP contribution in [-0.2, 0) is 12.0 Å². The first kappa shape index (κ1) is 35.7. The van der Waals surface area contributed by atoms with Crippen LogP contribution >= 0.6 is 0 Å². The minimum atomic E-state index is -0.258. The third kappa shape index (κ3) is 7.06. The van der Waals surface area contributed by atoms with Crippen molar-refractivity contribution in [1.29, 1.82) is 0 Å². The van der Waals surface area contributed by atoms with E-state index in [-0.39, 0.29) is 23.6 Å². The SMILES string of the molecule is CC1CCCCN1c1nnc2ccc(O[C@@H]3CC[C@H](NC(=O)Nc4cc(C(C)(C)C)nn4-c4cccc(CN5C[C@@H]6CC5CN6C)c4)c4ccccc43)cn12. The van der Waals surface area contributed by atoms with Crippen LogP contribution in [-0.4, -0.2) is 85.0 Å². The van der Waals surface area contributed by atoms with Gasteiger partial charge in [-0.15, -0.1) is 10.2 Å². The van der Waals surface area contributed by atoms with E-state index in [1.165, 1.54) is 18.4 Å². The number of piperidine rings is 1. The molecule has 2 N–H and O–H groups in total. The number of aromatic nitrogens is 5. The van der Waals surface area contributed by atoms with Crippen molar-refractivity contribution in [3.05, 3.63) is 95.3 Å². The number of fused-ring (bicyclic) bond motifs is 4. The van der Waals surface area contributed by atoms with Gasteiger partial charge in [-0.25, -0.2) is 9.48 Å². The second-order valence-corrected chi connectivity index (χ2v) is 17.3. The molecular weight excluding hydrogens is 689 g/mol. The van der Waals surface area contributed by atoms with Gasteiger partial charge in [-0.3, -0.25) is 14.6 Å². The van der Waals surface area contributed by atoms with Crippen molar-refractivity contribution < 1.29 is 9.53 Å². The molecule has 0 saturated carbocycles. The van der Waals surface area contributed by atoms with Crippen LogP contribution in [0.4, 0.5) is 16.6 Å². The molecule has 3 aromatic heterocycles. The van der Waals surface area contributed by atoms with Crippen molar-refractivity contribution in [3.8, 4) is 11.4 Å². The van der Waals surface area contributed by atoms with E-state index in [1.807, 2.05) is 41.2 Å². The zero-order valence-corrected chi connectivity index (χ0v) is 32.8. The highest BCUT2D eigenvalue weighted by molar-refractivity contribution is 5.89. The minimum absolute atomic E-state index is 0.150. The number of ether oxygens (including phenoxy) is 1. The first-order valence-electron chi connectivity index (χ1n) is 20.2. The van der Waals surface area contributed by atoms with Gasteiger partial charge in [0.15, 0.2) is 5.65 Å². The number of nitrogens with zero attached hydrogens (tertiary/aromatic N) is 8. The highest BCUT2D eigenvalue weighted by Gasteiger charge is 2.41. The van der Waals surface area contributed by atoms with Crippen LogP contribution in [0.5, 0.6) is 5.75 Å². The molecule has 0 radical (unpaired) electrons. The topological polar surface area (TPSA) is 108 Å². The molecule has 2 aromatic carbocycles. The number of nitrogens with one attached hydrogen (secondary N) is 2. The third-order valence-electron chi connectivity index (χ3n) is 12.3. The number of amides is 2. The van der Waals surface area contributed by atoms with Gasteiger partial charge in [-0.05, 0) is 93.5 Å². The molecule has 3 saturated heterocycles. The summed E-state index contributed by atoms with van der Waals surface area (Å²) in [6.45, 7) is 12.9. The maximum atomic E-state index is 13.9. The van der Waals surface area contributed by atoms with Gasteiger partial charge >= 0.3 is 6.03 Å². The number of carbonyl (C=O) groups excluding carboxylic acids is 1. The number of pyridine rings is 1.